The predicted molar refractivity (Wildman–Crippen MR) is 148 cm³/mol. The Kier molecular flexibility index (Phi) is 6.20. The quantitative estimate of drug-likeness (QED) is 0.436. The summed E-state index contributed by atoms with van der Waals surface area (Å²) >= 11 is 0. The number of Topliss-reactive ketones (excluding diaryl/α,β-unsaturated/α-hetero) is 1. The molecule has 2 aliphatic rings. The number of rotatable bonds is 5. The van der Waals surface area contributed by atoms with Gasteiger partial charge in [-0.3, -0.25) is 4.79 Å². The number of allylic oxidation sites excluding steroid dienone is 4. The van der Waals surface area contributed by atoms with E-state index in [1.165, 1.54) is 39.5 Å². The molecule has 2 aliphatic heterocycles. The molecular formula is C32H41N2O+. The van der Waals surface area contributed by atoms with E-state index in [0.29, 0.717) is 12.2 Å². The lowest BCUT2D eigenvalue weighted by Crippen LogP contribution is -2.26. The number of likely N-dealkylation sites (N-methyl/N-ethyl adjacent to an activating group) is 1. The van der Waals surface area contributed by atoms with Crippen LogP contribution in [-0.2, 0) is 22.0 Å². The van der Waals surface area contributed by atoms with Crippen molar-refractivity contribution < 1.29 is 9.37 Å². The number of carbonyl (C=O) groups excluding carboxylic acids is 1. The first-order valence-corrected chi connectivity index (χ1v) is 12.8. The molecule has 3 heteroatoms. The van der Waals surface area contributed by atoms with E-state index in [4.69, 9.17) is 0 Å². The van der Waals surface area contributed by atoms with E-state index >= 15 is 0 Å². The minimum Gasteiger partial charge on any atom is -0.347 e. The lowest BCUT2D eigenvalue weighted by atomic mass is 9.81. The highest BCUT2D eigenvalue weighted by molar-refractivity contribution is 6.03. The Bertz CT molecular complexity index is 1260. The van der Waals surface area contributed by atoms with Crippen molar-refractivity contribution in [3.8, 4) is 0 Å². The molecule has 184 valence electrons. The second-order valence-corrected chi connectivity index (χ2v) is 12.2. The van der Waals surface area contributed by atoms with Gasteiger partial charge in [0.1, 0.15) is 12.8 Å². The lowest BCUT2D eigenvalue weighted by Gasteiger charge is -2.24. The standard InChI is InChI=1S/C32H41N2O/c1-30(2,3)29(35)20-18-22-17-19-26-24(21-22)32(6,7)28(34(26)9)16-12-15-27-31(4,5)23-13-10-11-14-25(23)33(27)8/h10-17,19,21H,18,20H2,1-9H3/q+1. The molecule has 35 heavy (non-hydrogen) atoms. The molecule has 0 bridgehead atoms. The Morgan fingerprint density at radius 3 is 2.34 bits per heavy atom. The van der Waals surface area contributed by atoms with E-state index in [2.05, 4.69) is 112 Å². The molecule has 2 aromatic carbocycles. The first kappa shape index (κ1) is 25.2. The van der Waals surface area contributed by atoms with Crippen LogP contribution >= 0.6 is 0 Å². The van der Waals surface area contributed by atoms with E-state index in [0.717, 1.165) is 6.42 Å². The third-order valence-corrected chi connectivity index (χ3v) is 8.02. The zero-order chi connectivity index (χ0) is 25.8. The van der Waals surface area contributed by atoms with Gasteiger partial charge in [-0.05, 0) is 43.5 Å². The normalized spacial score (nSPS) is 19.6. The van der Waals surface area contributed by atoms with E-state index < -0.39 is 0 Å². The van der Waals surface area contributed by atoms with Crippen LogP contribution in [0.25, 0.3) is 0 Å². The van der Waals surface area contributed by atoms with Gasteiger partial charge in [0.15, 0.2) is 5.71 Å². The molecule has 2 heterocycles. The second-order valence-electron chi connectivity index (χ2n) is 12.2. The van der Waals surface area contributed by atoms with E-state index in [-0.39, 0.29) is 16.2 Å². The number of hydrogen-bond donors (Lipinski definition) is 0. The maximum Gasteiger partial charge on any atom is 0.209 e. The summed E-state index contributed by atoms with van der Waals surface area (Å²) in [7, 11) is 4.32. The summed E-state index contributed by atoms with van der Waals surface area (Å²) in [6, 6.07) is 15.4. The first-order chi connectivity index (χ1) is 16.3. The predicted octanol–water partition coefficient (Wildman–Crippen LogP) is 7.11. The fourth-order valence-corrected chi connectivity index (χ4v) is 5.70. The van der Waals surface area contributed by atoms with Crippen LogP contribution < -0.4 is 4.90 Å². The van der Waals surface area contributed by atoms with Gasteiger partial charge in [-0.15, -0.1) is 0 Å². The van der Waals surface area contributed by atoms with Gasteiger partial charge in [0.05, 0.1) is 5.41 Å². The highest BCUT2D eigenvalue weighted by Gasteiger charge is 2.43. The summed E-state index contributed by atoms with van der Waals surface area (Å²) in [5.41, 5.74) is 8.65. The number of ketones is 1. The number of hydrogen-bond acceptors (Lipinski definition) is 2. The van der Waals surface area contributed by atoms with E-state index in [1.807, 2.05) is 20.8 Å². The Hall–Kier alpha value is -2.94. The summed E-state index contributed by atoms with van der Waals surface area (Å²) in [4.78, 5) is 14.8. The number of fused-ring (bicyclic) bond motifs is 2. The van der Waals surface area contributed by atoms with Gasteiger partial charge in [-0.2, -0.15) is 4.58 Å². The molecule has 0 N–H and O–H groups in total. The van der Waals surface area contributed by atoms with Gasteiger partial charge in [-0.1, -0.05) is 71.0 Å². The molecule has 0 saturated heterocycles. The first-order valence-electron chi connectivity index (χ1n) is 12.8. The Morgan fingerprint density at radius 1 is 1.00 bits per heavy atom. The Labute approximate surface area is 211 Å². The van der Waals surface area contributed by atoms with Crippen LogP contribution in [0.1, 0.15) is 71.6 Å². The maximum atomic E-state index is 12.4. The summed E-state index contributed by atoms with van der Waals surface area (Å²) in [6.45, 7) is 15.2. The van der Waals surface area contributed by atoms with Gasteiger partial charge in [0.25, 0.3) is 0 Å². The molecule has 0 aromatic heterocycles. The number of nitrogens with zero attached hydrogens (tertiary/aromatic N) is 2. The van der Waals surface area contributed by atoms with Crippen LogP contribution in [0, 0.1) is 5.41 Å². The van der Waals surface area contributed by atoms with E-state index in [9.17, 15) is 4.79 Å². The molecule has 4 rings (SSSR count). The van der Waals surface area contributed by atoms with Crippen LogP contribution in [0.2, 0.25) is 0 Å². The molecule has 3 nitrogen and oxygen atoms in total. The number of aryl methyl sites for hydroxylation is 1. The molecule has 0 fully saturated rings. The number of anilines is 1. The Morgan fingerprint density at radius 2 is 1.69 bits per heavy atom. The monoisotopic (exact) mass is 469 g/mol. The molecule has 0 spiro atoms. The number of carbonyl (C=O) groups is 1. The molecule has 0 atom stereocenters. The van der Waals surface area contributed by atoms with E-state index in [1.54, 1.807) is 0 Å². The summed E-state index contributed by atoms with van der Waals surface area (Å²) in [5, 5.41) is 0. The number of benzene rings is 2. The van der Waals surface area contributed by atoms with Gasteiger partial charge < -0.3 is 4.90 Å². The van der Waals surface area contributed by atoms with Crippen LogP contribution in [0.3, 0.4) is 0 Å². The zero-order valence-electron chi connectivity index (χ0n) is 23.0. The molecular weight excluding hydrogens is 428 g/mol. The number of para-hydroxylation sites is 1. The maximum absolute atomic E-state index is 12.4. The Balaban J connectivity index is 1.59. The van der Waals surface area contributed by atoms with Crippen molar-refractivity contribution in [1.82, 2.24) is 0 Å². The highest BCUT2D eigenvalue weighted by Crippen LogP contribution is 2.47. The van der Waals surface area contributed by atoms with Crippen molar-refractivity contribution in [2.75, 3.05) is 19.0 Å². The van der Waals surface area contributed by atoms with Gasteiger partial charge in [0, 0.05) is 53.4 Å². The van der Waals surface area contributed by atoms with Crippen LogP contribution in [0.4, 0.5) is 11.4 Å². The van der Waals surface area contributed by atoms with Crippen molar-refractivity contribution in [3.63, 3.8) is 0 Å². The van der Waals surface area contributed by atoms with Crippen molar-refractivity contribution in [2.45, 2.75) is 72.1 Å². The minimum atomic E-state index is -0.278. The second kappa shape index (κ2) is 8.62. The third kappa shape index (κ3) is 4.30. The van der Waals surface area contributed by atoms with Gasteiger partial charge in [-0.25, -0.2) is 0 Å². The SMILES string of the molecule is CN1/C(=C/C=C/C2=[N+](C)c3ccccc3C2(C)C)C(C)(C)c2cc(CCC(=O)C(C)(C)C)ccc21. The van der Waals surface area contributed by atoms with Crippen molar-refractivity contribution in [1.29, 1.82) is 0 Å². The molecule has 2 aromatic rings. The summed E-state index contributed by atoms with van der Waals surface area (Å²) in [6.07, 6.45) is 8.13. The average Bonchev–Trinajstić information content (AvgIpc) is 3.10. The topological polar surface area (TPSA) is 23.3 Å². The van der Waals surface area contributed by atoms with Crippen LogP contribution in [-0.4, -0.2) is 30.2 Å². The van der Waals surface area contributed by atoms with Gasteiger partial charge >= 0.3 is 0 Å². The van der Waals surface area contributed by atoms with Crippen molar-refractivity contribution in [3.05, 3.63) is 83.1 Å². The summed E-state index contributed by atoms with van der Waals surface area (Å²) < 4.78 is 2.31. The third-order valence-electron chi connectivity index (χ3n) is 8.02. The minimum absolute atomic E-state index is 0.0280. The molecule has 0 amide bonds. The van der Waals surface area contributed by atoms with Crippen LogP contribution in [0.15, 0.2) is 66.4 Å². The molecule has 0 aliphatic carbocycles. The van der Waals surface area contributed by atoms with Crippen molar-refractivity contribution >= 4 is 22.9 Å². The summed E-state index contributed by atoms with van der Waals surface area (Å²) in [5.74, 6) is 0.319. The van der Waals surface area contributed by atoms with Gasteiger partial charge in [0.2, 0.25) is 5.69 Å². The van der Waals surface area contributed by atoms with Crippen LogP contribution in [0.5, 0.6) is 0 Å². The smallest absolute Gasteiger partial charge is 0.209 e. The fourth-order valence-electron chi connectivity index (χ4n) is 5.70. The average molecular weight is 470 g/mol. The zero-order valence-corrected chi connectivity index (χ0v) is 23.0. The molecule has 0 unspecified atom stereocenters. The fraction of sp³-hybridized carbons (Fsp3) is 0.438. The van der Waals surface area contributed by atoms with Crippen molar-refractivity contribution in [2.24, 2.45) is 5.41 Å². The molecule has 0 saturated carbocycles. The highest BCUT2D eigenvalue weighted by atomic mass is 16.1. The largest absolute Gasteiger partial charge is 0.347 e. The molecule has 0 radical (unpaired) electrons. The lowest BCUT2D eigenvalue weighted by molar-refractivity contribution is -0.401.